The van der Waals surface area contributed by atoms with Crippen molar-refractivity contribution in [1.29, 1.82) is 0 Å². The van der Waals surface area contributed by atoms with Crippen molar-refractivity contribution in [1.82, 2.24) is 21.3 Å². The first-order valence-electron chi connectivity index (χ1n) is 22.3. The Morgan fingerprint density at radius 3 is 0.897 bits per heavy atom. The van der Waals surface area contributed by atoms with Gasteiger partial charge < -0.3 is 43.7 Å². The molecule has 0 aliphatic carbocycles. The normalized spacial score (nSPS) is 13.0. The molecule has 0 saturated carbocycles. The molecule has 10 nitrogen and oxygen atoms in total. The van der Waals surface area contributed by atoms with Crippen molar-refractivity contribution in [3.8, 4) is 0 Å². The zero-order chi connectivity index (χ0) is 43.6. The monoisotopic (exact) mass is 1070 g/mol. The van der Waals surface area contributed by atoms with Crippen LogP contribution in [0.4, 0.5) is 0 Å². The van der Waals surface area contributed by atoms with Crippen LogP contribution in [0.2, 0.25) is 0 Å². The number of carbonyl (C=O) groups is 4. The van der Waals surface area contributed by atoms with E-state index >= 15 is 0 Å². The van der Waals surface area contributed by atoms with Gasteiger partial charge in [-0.15, -0.1) is 0 Å². The molecule has 0 spiro atoms. The number of carbonyl (C=O) groups excluding carboxylic acids is 6. The summed E-state index contributed by atoms with van der Waals surface area (Å²) < 4.78 is 0. The Kier molecular flexibility index (Phi) is 63.0. The fraction of sp³-hybridized carbons (Fsp3) is 0.826. The van der Waals surface area contributed by atoms with Crippen molar-refractivity contribution in [2.75, 3.05) is 0 Å². The molecule has 0 aromatic carbocycles. The third kappa shape index (κ3) is 43.7. The Bertz CT molecular complexity index is 885. The van der Waals surface area contributed by atoms with Crippen molar-refractivity contribution in [3.05, 3.63) is 12.8 Å². The zero-order valence-corrected chi connectivity index (χ0v) is 46.6. The number of amides is 4. The van der Waals surface area contributed by atoms with Crippen LogP contribution in [0.25, 0.3) is 0 Å². The van der Waals surface area contributed by atoms with E-state index in [4.69, 9.17) is 0 Å². The maximum Gasteiger partial charge on any atom is 0.240 e. The van der Waals surface area contributed by atoms with Gasteiger partial charge in [0.2, 0.25) is 23.6 Å². The molecular formula is C46H88La2N4O6-4. The van der Waals surface area contributed by atoms with Crippen molar-refractivity contribution < 1.29 is 100.0 Å². The summed E-state index contributed by atoms with van der Waals surface area (Å²) in [5.41, 5.74) is 0. The van der Waals surface area contributed by atoms with E-state index in [2.05, 4.69) is 49.0 Å². The SMILES string of the molecule is CCCCCC([C-]=O)NC(=O)C(CCCCC)NC(=O)C(C)CCC.CCCCCC([C-]=O)NC(=O)C(CCCCC)NC(=O)C(C)CCC.C[CH-]C.C[CH-]C.[La].[La]. The summed E-state index contributed by atoms with van der Waals surface area (Å²) in [7, 11) is 0. The van der Waals surface area contributed by atoms with Gasteiger partial charge in [-0.2, -0.15) is 27.7 Å². The van der Waals surface area contributed by atoms with E-state index in [-0.39, 0.29) is 107 Å². The van der Waals surface area contributed by atoms with E-state index in [1.807, 2.05) is 80.8 Å². The number of unbranched alkanes of at least 4 members (excludes halogenated alkanes) is 8. The summed E-state index contributed by atoms with van der Waals surface area (Å²) in [6, 6.07) is -2.31. The Balaban J connectivity index is -0.000000199. The van der Waals surface area contributed by atoms with Crippen LogP contribution >= 0.6 is 0 Å². The van der Waals surface area contributed by atoms with Gasteiger partial charge in [0, 0.05) is 83.0 Å². The molecule has 0 fully saturated rings. The van der Waals surface area contributed by atoms with Gasteiger partial charge in [-0.05, 0) is 25.7 Å². The molecule has 0 aromatic rings. The molecule has 12 heteroatoms. The first-order chi connectivity index (χ1) is 26.8. The molecule has 4 N–H and O–H groups in total. The molecule has 0 heterocycles. The van der Waals surface area contributed by atoms with Gasteiger partial charge in [0.15, 0.2) is 0 Å². The minimum atomic E-state index is -0.585. The number of hydrogen-bond acceptors (Lipinski definition) is 6. The molecule has 6 unspecified atom stereocenters. The Morgan fingerprint density at radius 1 is 0.414 bits per heavy atom. The van der Waals surface area contributed by atoms with Crippen molar-refractivity contribution in [3.63, 3.8) is 0 Å². The van der Waals surface area contributed by atoms with E-state index in [1.165, 1.54) is 0 Å². The summed E-state index contributed by atoms with van der Waals surface area (Å²) in [5, 5.41) is 11.3. The minimum Gasteiger partial charge on any atom is -0.540 e. The third-order valence-electron chi connectivity index (χ3n) is 8.91. The second kappa shape index (κ2) is 52.7. The van der Waals surface area contributed by atoms with E-state index in [0.29, 0.717) is 25.7 Å². The fourth-order valence-corrected chi connectivity index (χ4v) is 5.55. The average molecular weight is 1070 g/mol. The van der Waals surface area contributed by atoms with Crippen LogP contribution in [0, 0.1) is 95.9 Å². The first kappa shape index (κ1) is 69.3. The van der Waals surface area contributed by atoms with E-state index in [1.54, 1.807) is 0 Å². The fourth-order valence-electron chi connectivity index (χ4n) is 5.55. The molecule has 0 aromatic heterocycles. The Hall–Kier alpha value is -0.390. The molecule has 0 rings (SSSR count). The molecule has 0 aliphatic heterocycles. The van der Waals surface area contributed by atoms with Crippen LogP contribution in [0.15, 0.2) is 0 Å². The second-order valence-corrected chi connectivity index (χ2v) is 15.0. The molecule has 0 aliphatic rings. The van der Waals surface area contributed by atoms with Gasteiger partial charge in [-0.3, -0.25) is 19.2 Å². The number of rotatable bonds is 30. The maximum atomic E-state index is 12.6. The largest absolute Gasteiger partial charge is 0.540 e. The summed E-state index contributed by atoms with van der Waals surface area (Å²) in [6.45, 7) is 24.2. The van der Waals surface area contributed by atoms with Crippen LogP contribution in [0.1, 0.15) is 212 Å². The molecular weight excluding hydrogens is 982 g/mol. The van der Waals surface area contributed by atoms with Crippen LogP contribution in [0.3, 0.4) is 0 Å². The molecule has 4 amide bonds. The first-order valence-corrected chi connectivity index (χ1v) is 22.3. The second-order valence-electron chi connectivity index (χ2n) is 15.0. The molecule has 6 atom stereocenters. The molecule has 0 bridgehead atoms. The predicted octanol–water partition coefficient (Wildman–Crippen LogP) is 9.79. The van der Waals surface area contributed by atoms with Gasteiger partial charge >= 0.3 is 0 Å². The van der Waals surface area contributed by atoms with E-state index in [0.717, 1.165) is 103 Å². The van der Waals surface area contributed by atoms with E-state index < -0.39 is 24.2 Å². The van der Waals surface area contributed by atoms with Gasteiger partial charge in [-0.25, -0.2) is 12.6 Å². The van der Waals surface area contributed by atoms with Crippen LogP contribution in [0.5, 0.6) is 0 Å². The molecule has 2 radical (unpaired) electrons. The average Bonchev–Trinajstić information content (AvgIpc) is 3.17. The van der Waals surface area contributed by atoms with Crippen molar-refractivity contribution >= 4 is 36.2 Å². The molecule has 338 valence electrons. The van der Waals surface area contributed by atoms with Gasteiger partial charge in [0.1, 0.15) is 12.1 Å². The van der Waals surface area contributed by atoms with Crippen molar-refractivity contribution in [2.24, 2.45) is 11.8 Å². The predicted molar refractivity (Wildman–Crippen MR) is 235 cm³/mol. The quantitative estimate of drug-likeness (QED) is 0.0416. The van der Waals surface area contributed by atoms with Crippen molar-refractivity contribution in [2.45, 2.75) is 236 Å². The summed E-state index contributed by atoms with van der Waals surface area (Å²) in [5.74, 6) is -0.919. The summed E-state index contributed by atoms with van der Waals surface area (Å²) in [4.78, 5) is 71.9. The van der Waals surface area contributed by atoms with Gasteiger partial charge in [-0.1, -0.05) is 170 Å². The third-order valence-corrected chi connectivity index (χ3v) is 8.91. The summed E-state index contributed by atoms with van der Waals surface area (Å²) in [6.07, 6.45) is 25.5. The number of nitrogens with one attached hydrogen (secondary N) is 4. The van der Waals surface area contributed by atoms with E-state index in [9.17, 15) is 28.8 Å². The Morgan fingerprint density at radius 2 is 0.672 bits per heavy atom. The maximum absolute atomic E-state index is 12.6. The smallest absolute Gasteiger partial charge is 0.240 e. The minimum absolute atomic E-state index is 0. The molecule has 58 heavy (non-hydrogen) atoms. The zero-order valence-electron chi connectivity index (χ0n) is 39.4. The number of hydrogen-bond donors (Lipinski definition) is 4. The van der Waals surface area contributed by atoms with Gasteiger partial charge in [0.25, 0.3) is 0 Å². The topological polar surface area (TPSA) is 151 Å². The Labute approximate surface area is 414 Å². The van der Waals surface area contributed by atoms with Crippen LogP contribution in [-0.2, 0) is 28.8 Å². The standard InChI is InChI=1S/2C20H37N2O3.2C3H7.2La/c2*1-5-8-10-13-17(15-23)21-20(25)18(14-11-9-6-2)22-19(24)16(4)12-7-3;2*1-3-2;;/h2*16-18H,5-14H2,1-4H3,(H,21,25)(H,22,24);2*3H,1-2H3;;/q4*-1;;. The van der Waals surface area contributed by atoms with Gasteiger partial charge in [0.05, 0.1) is 0 Å². The molecule has 0 saturated heterocycles. The summed E-state index contributed by atoms with van der Waals surface area (Å²) >= 11 is 0. The van der Waals surface area contributed by atoms with Crippen LogP contribution in [-0.4, -0.2) is 60.4 Å². The van der Waals surface area contributed by atoms with Crippen LogP contribution < -0.4 is 21.3 Å².